The van der Waals surface area contributed by atoms with Crippen LogP contribution in [-0.2, 0) is 9.53 Å². The standard InChI is InChI=1S/C10H22N2O2/c1-4-6-7-12(5-2)10(13)9(8-11)14-3/h9H,4-8,11H2,1-3H3. The van der Waals surface area contributed by atoms with Gasteiger partial charge in [0.15, 0.2) is 0 Å². The smallest absolute Gasteiger partial charge is 0.252 e. The van der Waals surface area contributed by atoms with Crippen LogP contribution < -0.4 is 5.73 Å². The molecule has 0 fully saturated rings. The minimum atomic E-state index is -0.480. The van der Waals surface area contributed by atoms with Crippen LogP contribution in [0.3, 0.4) is 0 Å². The highest BCUT2D eigenvalue weighted by atomic mass is 16.5. The van der Waals surface area contributed by atoms with Crippen molar-refractivity contribution >= 4 is 5.91 Å². The number of ether oxygens (including phenoxy) is 1. The van der Waals surface area contributed by atoms with E-state index in [0.717, 1.165) is 25.9 Å². The Bertz CT molecular complexity index is 158. The molecule has 0 saturated carbocycles. The summed E-state index contributed by atoms with van der Waals surface area (Å²) < 4.78 is 5.01. The first kappa shape index (κ1) is 13.4. The van der Waals surface area contributed by atoms with Crippen molar-refractivity contribution in [3.8, 4) is 0 Å². The topological polar surface area (TPSA) is 55.6 Å². The average molecular weight is 202 g/mol. The number of methoxy groups -OCH3 is 1. The second-order valence-corrected chi connectivity index (χ2v) is 3.23. The van der Waals surface area contributed by atoms with Gasteiger partial charge < -0.3 is 15.4 Å². The molecule has 84 valence electrons. The third-order valence-corrected chi connectivity index (χ3v) is 2.25. The van der Waals surface area contributed by atoms with Crippen LogP contribution in [0.25, 0.3) is 0 Å². The molecule has 0 aromatic rings. The molecule has 4 heteroatoms. The van der Waals surface area contributed by atoms with Crippen LogP contribution >= 0.6 is 0 Å². The Morgan fingerprint density at radius 3 is 2.50 bits per heavy atom. The molecule has 0 aliphatic heterocycles. The van der Waals surface area contributed by atoms with Crippen LogP contribution in [0.1, 0.15) is 26.7 Å². The fourth-order valence-electron chi connectivity index (χ4n) is 1.27. The Hall–Kier alpha value is -0.610. The number of rotatable bonds is 7. The molecule has 14 heavy (non-hydrogen) atoms. The molecular weight excluding hydrogens is 180 g/mol. The molecule has 0 heterocycles. The number of amides is 1. The largest absolute Gasteiger partial charge is 0.370 e. The second-order valence-electron chi connectivity index (χ2n) is 3.23. The lowest BCUT2D eigenvalue weighted by molar-refractivity contribution is -0.141. The van der Waals surface area contributed by atoms with E-state index < -0.39 is 6.10 Å². The SMILES string of the molecule is CCCCN(CC)C(=O)C(CN)OC. The first-order chi connectivity index (χ1) is 6.71. The predicted molar refractivity (Wildman–Crippen MR) is 57.0 cm³/mol. The zero-order chi connectivity index (χ0) is 11.0. The summed E-state index contributed by atoms with van der Waals surface area (Å²) in [7, 11) is 1.52. The summed E-state index contributed by atoms with van der Waals surface area (Å²) in [5.41, 5.74) is 5.43. The van der Waals surface area contributed by atoms with Crippen molar-refractivity contribution in [1.29, 1.82) is 0 Å². The number of carbonyl (C=O) groups excluding carboxylic acids is 1. The molecule has 0 aromatic carbocycles. The van der Waals surface area contributed by atoms with Gasteiger partial charge in [-0.25, -0.2) is 0 Å². The zero-order valence-corrected chi connectivity index (χ0v) is 9.45. The molecule has 0 bridgehead atoms. The molecule has 0 spiro atoms. The molecule has 0 saturated heterocycles. The average Bonchev–Trinajstić information content (AvgIpc) is 2.21. The molecule has 0 radical (unpaired) electrons. The van der Waals surface area contributed by atoms with E-state index >= 15 is 0 Å². The van der Waals surface area contributed by atoms with Crippen molar-refractivity contribution in [1.82, 2.24) is 4.90 Å². The maximum Gasteiger partial charge on any atom is 0.252 e. The summed E-state index contributed by atoms with van der Waals surface area (Å²) in [6.45, 7) is 5.84. The van der Waals surface area contributed by atoms with Crippen LogP contribution in [-0.4, -0.2) is 43.7 Å². The van der Waals surface area contributed by atoms with Crippen molar-refractivity contribution < 1.29 is 9.53 Å². The van der Waals surface area contributed by atoms with Gasteiger partial charge in [-0.3, -0.25) is 4.79 Å². The first-order valence-corrected chi connectivity index (χ1v) is 5.22. The summed E-state index contributed by atoms with van der Waals surface area (Å²) in [4.78, 5) is 13.6. The van der Waals surface area contributed by atoms with Gasteiger partial charge in [-0.05, 0) is 13.3 Å². The molecule has 1 atom stereocenters. The number of nitrogens with two attached hydrogens (primary N) is 1. The van der Waals surface area contributed by atoms with Gasteiger partial charge in [-0.15, -0.1) is 0 Å². The molecule has 0 aliphatic carbocycles. The van der Waals surface area contributed by atoms with Crippen molar-refractivity contribution in [2.45, 2.75) is 32.8 Å². The van der Waals surface area contributed by atoms with Crippen molar-refractivity contribution in [2.75, 3.05) is 26.7 Å². The van der Waals surface area contributed by atoms with Crippen LogP contribution in [0.2, 0.25) is 0 Å². The molecule has 1 amide bonds. The van der Waals surface area contributed by atoms with Gasteiger partial charge in [0.1, 0.15) is 6.10 Å². The lowest BCUT2D eigenvalue weighted by Crippen LogP contribution is -2.44. The molecule has 1 unspecified atom stereocenters. The van der Waals surface area contributed by atoms with E-state index in [1.54, 1.807) is 4.90 Å². The Labute approximate surface area is 86.4 Å². The molecule has 4 nitrogen and oxygen atoms in total. The van der Waals surface area contributed by atoms with Gasteiger partial charge in [0.2, 0.25) is 0 Å². The van der Waals surface area contributed by atoms with Crippen molar-refractivity contribution in [3.05, 3.63) is 0 Å². The van der Waals surface area contributed by atoms with Gasteiger partial charge in [0, 0.05) is 26.7 Å². The number of likely N-dealkylation sites (N-methyl/N-ethyl adjacent to an activating group) is 1. The highest BCUT2D eigenvalue weighted by Crippen LogP contribution is 2.00. The van der Waals surface area contributed by atoms with E-state index in [1.807, 2.05) is 6.92 Å². The lowest BCUT2D eigenvalue weighted by atomic mass is 10.2. The number of hydrogen-bond donors (Lipinski definition) is 1. The highest BCUT2D eigenvalue weighted by molar-refractivity contribution is 5.81. The van der Waals surface area contributed by atoms with Gasteiger partial charge in [-0.2, -0.15) is 0 Å². The van der Waals surface area contributed by atoms with Gasteiger partial charge in [0.05, 0.1) is 0 Å². The van der Waals surface area contributed by atoms with E-state index in [-0.39, 0.29) is 12.5 Å². The van der Waals surface area contributed by atoms with Crippen molar-refractivity contribution in [3.63, 3.8) is 0 Å². The number of carbonyl (C=O) groups is 1. The lowest BCUT2D eigenvalue weighted by Gasteiger charge is -2.24. The maximum atomic E-state index is 11.8. The minimum absolute atomic E-state index is 0.00551. The third-order valence-electron chi connectivity index (χ3n) is 2.25. The monoisotopic (exact) mass is 202 g/mol. The van der Waals surface area contributed by atoms with E-state index in [0.29, 0.717) is 0 Å². The van der Waals surface area contributed by atoms with E-state index in [9.17, 15) is 4.79 Å². The van der Waals surface area contributed by atoms with Crippen LogP contribution in [0.4, 0.5) is 0 Å². The van der Waals surface area contributed by atoms with E-state index in [1.165, 1.54) is 7.11 Å². The minimum Gasteiger partial charge on any atom is -0.370 e. The summed E-state index contributed by atoms with van der Waals surface area (Å²) in [5.74, 6) is 0.00551. The molecule has 2 N–H and O–H groups in total. The number of nitrogens with zero attached hydrogens (tertiary/aromatic N) is 1. The van der Waals surface area contributed by atoms with E-state index in [4.69, 9.17) is 10.5 Å². The molecular formula is C10H22N2O2. The normalized spacial score (nSPS) is 12.6. The predicted octanol–water partition coefficient (Wildman–Crippen LogP) is 0.609. The fourth-order valence-corrected chi connectivity index (χ4v) is 1.27. The van der Waals surface area contributed by atoms with Crippen molar-refractivity contribution in [2.24, 2.45) is 5.73 Å². The summed E-state index contributed by atoms with van der Waals surface area (Å²) in [5, 5.41) is 0. The molecule has 0 aromatic heterocycles. The van der Waals surface area contributed by atoms with Crippen LogP contribution in [0, 0.1) is 0 Å². The van der Waals surface area contributed by atoms with Crippen LogP contribution in [0.15, 0.2) is 0 Å². The fraction of sp³-hybridized carbons (Fsp3) is 0.900. The Morgan fingerprint density at radius 2 is 2.14 bits per heavy atom. The zero-order valence-electron chi connectivity index (χ0n) is 9.45. The Morgan fingerprint density at radius 1 is 1.50 bits per heavy atom. The van der Waals surface area contributed by atoms with Gasteiger partial charge >= 0.3 is 0 Å². The molecule has 0 aliphatic rings. The summed E-state index contributed by atoms with van der Waals surface area (Å²) >= 11 is 0. The van der Waals surface area contributed by atoms with Gasteiger partial charge in [0.25, 0.3) is 5.91 Å². The van der Waals surface area contributed by atoms with Gasteiger partial charge in [-0.1, -0.05) is 13.3 Å². The number of hydrogen-bond acceptors (Lipinski definition) is 3. The molecule has 0 rings (SSSR count). The maximum absolute atomic E-state index is 11.8. The highest BCUT2D eigenvalue weighted by Gasteiger charge is 2.20. The second kappa shape index (κ2) is 7.76. The third kappa shape index (κ3) is 4.07. The Balaban J connectivity index is 4.13. The quantitative estimate of drug-likeness (QED) is 0.658. The summed E-state index contributed by atoms with van der Waals surface area (Å²) in [6.07, 6.45) is 1.64. The summed E-state index contributed by atoms with van der Waals surface area (Å²) in [6, 6.07) is 0. The first-order valence-electron chi connectivity index (χ1n) is 5.22. The van der Waals surface area contributed by atoms with E-state index in [2.05, 4.69) is 6.92 Å². The van der Waals surface area contributed by atoms with Crippen LogP contribution in [0.5, 0.6) is 0 Å². The Kier molecular flexibility index (Phi) is 7.42. The number of unbranched alkanes of at least 4 members (excludes halogenated alkanes) is 1.